The maximum Gasteiger partial charge on any atom is 0.226 e. The van der Waals surface area contributed by atoms with Crippen LogP contribution in [0.4, 0.5) is 4.39 Å². The molecule has 1 fully saturated rings. The van der Waals surface area contributed by atoms with E-state index in [0.717, 1.165) is 70.1 Å². The number of hydrogen-bond donors (Lipinski definition) is 1. The molecule has 1 N–H and O–H groups in total. The molecule has 0 bridgehead atoms. The van der Waals surface area contributed by atoms with Gasteiger partial charge in [-0.3, -0.25) is 4.90 Å². The predicted octanol–water partition coefficient (Wildman–Crippen LogP) is 5.63. The highest BCUT2D eigenvalue weighted by Gasteiger charge is 2.30. The first-order valence-corrected chi connectivity index (χ1v) is 10.9. The smallest absolute Gasteiger partial charge is 0.226 e. The second-order valence-electron chi connectivity index (χ2n) is 8.50. The van der Waals surface area contributed by atoms with Crippen LogP contribution < -0.4 is 4.74 Å². The van der Waals surface area contributed by atoms with Crippen molar-refractivity contribution >= 4 is 11.0 Å². The predicted molar refractivity (Wildman–Crippen MR) is 121 cm³/mol. The van der Waals surface area contributed by atoms with Crippen LogP contribution in [-0.4, -0.2) is 33.5 Å². The van der Waals surface area contributed by atoms with Crippen molar-refractivity contribution in [1.29, 1.82) is 0 Å². The molecule has 1 atom stereocenters. The lowest BCUT2D eigenvalue weighted by Crippen LogP contribution is -2.24. The molecule has 7 heteroatoms. The van der Waals surface area contributed by atoms with Crippen molar-refractivity contribution in [3.63, 3.8) is 0 Å². The summed E-state index contributed by atoms with van der Waals surface area (Å²) < 4.78 is 25.1. The topological polar surface area (TPSA) is 67.2 Å². The number of H-pyrrole nitrogens is 1. The van der Waals surface area contributed by atoms with Crippen LogP contribution in [0.3, 0.4) is 0 Å². The Morgan fingerprint density at radius 2 is 2.00 bits per heavy atom. The zero-order valence-corrected chi connectivity index (χ0v) is 18.8. The van der Waals surface area contributed by atoms with Gasteiger partial charge in [-0.05, 0) is 81.6 Å². The van der Waals surface area contributed by atoms with E-state index >= 15 is 0 Å². The summed E-state index contributed by atoms with van der Waals surface area (Å²) in [5, 5.41) is 0. The molecule has 3 heterocycles. The highest BCUT2D eigenvalue weighted by atomic mass is 19.1. The Balaban J connectivity index is 1.41. The number of rotatable bonds is 5. The van der Waals surface area contributed by atoms with Crippen molar-refractivity contribution in [2.45, 2.75) is 46.2 Å². The number of benzene rings is 2. The molecule has 0 unspecified atom stereocenters. The van der Waals surface area contributed by atoms with E-state index < -0.39 is 0 Å². The minimum atomic E-state index is -0.259. The summed E-state index contributed by atoms with van der Waals surface area (Å²) in [4.78, 5) is 15.3. The van der Waals surface area contributed by atoms with Gasteiger partial charge in [-0.2, -0.15) is 0 Å². The number of aromatic amines is 1. The lowest BCUT2D eigenvalue weighted by Gasteiger charge is -2.21. The normalized spacial score (nSPS) is 16.8. The Hall–Kier alpha value is -3.19. The summed E-state index contributed by atoms with van der Waals surface area (Å²) in [5.74, 6) is 2.94. The Morgan fingerprint density at radius 1 is 1.16 bits per heavy atom. The molecule has 0 radical (unpaired) electrons. The number of nitrogens with zero attached hydrogens (tertiary/aromatic N) is 3. The van der Waals surface area contributed by atoms with E-state index in [0.29, 0.717) is 12.4 Å². The van der Waals surface area contributed by atoms with Gasteiger partial charge in [0.05, 0.1) is 29.9 Å². The van der Waals surface area contributed by atoms with E-state index in [-0.39, 0.29) is 11.9 Å². The number of ether oxygens (including phenoxy) is 1. The number of hydrogen-bond acceptors (Lipinski definition) is 5. The van der Waals surface area contributed by atoms with Crippen LogP contribution >= 0.6 is 0 Å². The standard InChI is InChI=1S/C25H27FN4O2/c1-14-15(2)23(31-4)10-8-18(14)25-29-21(16(3)32-25)13-30-11-5-6-22(30)24-27-19-9-7-17(26)12-20(19)28-24/h7-10,12,22H,5-6,11,13H2,1-4H3,(H,27,28)/t22-/m0/s1. The molecule has 166 valence electrons. The van der Waals surface area contributed by atoms with Crippen LogP contribution in [0.25, 0.3) is 22.5 Å². The van der Waals surface area contributed by atoms with Crippen molar-refractivity contribution in [2.75, 3.05) is 13.7 Å². The molecule has 0 amide bonds. The molecule has 4 aromatic rings. The molecule has 1 aliphatic heterocycles. The van der Waals surface area contributed by atoms with Crippen LogP contribution in [-0.2, 0) is 6.54 Å². The highest BCUT2D eigenvalue weighted by molar-refractivity contribution is 5.75. The molecular formula is C25H27FN4O2. The van der Waals surface area contributed by atoms with E-state index in [1.807, 2.05) is 26.0 Å². The molecule has 2 aromatic carbocycles. The molecule has 0 saturated carbocycles. The van der Waals surface area contributed by atoms with Crippen LogP contribution in [0.2, 0.25) is 0 Å². The van der Waals surface area contributed by atoms with E-state index in [1.54, 1.807) is 13.2 Å². The number of fused-ring (bicyclic) bond motifs is 1. The fraction of sp³-hybridized carbons (Fsp3) is 0.360. The average Bonchev–Trinajstić information content (AvgIpc) is 3.48. The average molecular weight is 435 g/mol. The molecule has 1 saturated heterocycles. The van der Waals surface area contributed by atoms with Gasteiger partial charge < -0.3 is 14.1 Å². The van der Waals surface area contributed by atoms with E-state index in [2.05, 4.69) is 16.8 Å². The maximum atomic E-state index is 13.6. The summed E-state index contributed by atoms with van der Waals surface area (Å²) in [6.07, 6.45) is 2.08. The van der Waals surface area contributed by atoms with Gasteiger partial charge in [-0.25, -0.2) is 14.4 Å². The van der Waals surface area contributed by atoms with Gasteiger partial charge in [0, 0.05) is 12.1 Å². The highest BCUT2D eigenvalue weighted by Crippen LogP contribution is 2.35. The van der Waals surface area contributed by atoms with Gasteiger partial charge in [0.1, 0.15) is 23.2 Å². The largest absolute Gasteiger partial charge is 0.496 e. The third-order valence-corrected chi connectivity index (χ3v) is 6.57. The van der Waals surface area contributed by atoms with E-state index in [9.17, 15) is 4.39 Å². The van der Waals surface area contributed by atoms with Gasteiger partial charge in [0.2, 0.25) is 5.89 Å². The second kappa shape index (κ2) is 8.06. The summed E-state index contributed by atoms with van der Waals surface area (Å²) in [6, 6.07) is 8.77. The number of aryl methyl sites for hydroxylation is 1. The Labute approximate surface area is 186 Å². The Morgan fingerprint density at radius 3 is 2.81 bits per heavy atom. The van der Waals surface area contributed by atoms with Crippen LogP contribution in [0, 0.1) is 26.6 Å². The SMILES string of the molecule is COc1ccc(-c2nc(CN3CCC[C@H]3c3nc4ccc(F)cc4[nH]3)c(C)o2)c(C)c1C. The zero-order chi connectivity index (χ0) is 22.4. The molecule has 5 rings (SSSR count). The first-order chi connectivity index (χ1) is 15.4. The van der Waals surface area contributed by atoms with Crippen molar-refractivity contribution < 1.29 is 13.5 Å². The summed E-state index contributed by atoms with van der Waals surface area (Å²) in [7, 11) is 1.68. The van der Waals surface area contributed by atoms with Gasteiger partial charge in [0.15, 0.2) is 0 Å². The Kier molecular flexibility index (Phi) is 5.21. The minimum Gasteiger partial charge on any atom is -0.496 e. The number of oxazole rings is 1. The second-order valence-corrected chi connectivity index (χ2v) is 8.50. The van der Waals surface area contributed by atoms with Crippen LogP contribution in [0.15, 0.2) is 34.7 Å². The van der Waals surface area contributed by atoms with Gasteiger partial charge in [0.25, 0.3) is 0 Å². The zero-order valence-electron chi connectivity index (χ0n) is 18.8. The lowest BCUT2D eigenvalue weighted by molar-refractivity contribution is 0.237. The monoisotopic (exact) mass is 434 g/mol. The van der Waals surface area contributed by atoms with Crippen molar-refractivity contribution in [2.24, 2.45) is 0 Å². The molecule has 0 spiro atoms. The van der Waals surface area contributed by atoms with Crippen LogP contribution in [0.5, 0.6) is 5.75 Å². The van der Waals surface area contributed by atoms with E-state index in [4.69, 9.17) is 19.1 Å². The first kappa shape index (κ1) is 20.7. The summed E-state index contributed by atoms with van der Waals surface area (Å²) in [5.41, 5.74) is 5.63. The maximum absolute atomic E-state index is 13.6. The number of nitrogens with one attached hydrogen (secondary N) is 1. The van der Waals surface area contributed by atoms with Crippen LogP contribution in [0.1, 0.15) is 47.3 Å². The quantitative estimate of drug-likeness (QED) is 0.441. The molecule has 32 heavy (non-hydrogen) atoms. The Bertz CT molecular complexity index is 1290. The number of halogens is 1. The fourth-order valence-corrected chi connectivity index (χ4v) is 4.62. The summed E-state index contributed by atoms with van der Waals surface area (Å²) in [6.45, 7) is 7.71. The first-order valence-electron chi connectivity index (χ1n) is 10.9. The number of likely N-dealkylation sites (tertiary alicyclic amines) is 1. The molecule has 0 aliphatic carbocycles. The minimum absolute atomic E-state index is 0.148. The van der Waals surface area contributed by atoms with Crippen molar-refractivity contribution in [3.05, 3.63) is 64.6 Å². The van der Waals surface area contributed by atoms with Gasteiger partial charge in [-0.1, -0.05) is 0 Å². The molecule has 2 aromatic heterocycles. The third kappa shape index (κ3) is 3.56. The van der Waals surface area contributed by atoms with Crippen molar-refractivity contribution in [3.8, 4) is 17.2 Å². The van der Waals surface area contributed by atoms with Gasteiger partial charge in [-0.15, -0.1) is 0 Å². The molecule has 1 aliphatic rings. The van der Waals surface area contributed by atoms with Gasteiger partial charge >= 0.3 is 0 Å². The molecule has 6 nitrogen and oxygen atoms in total. The number of aromatic nitrogens is 3. The van der Waals surface area contributed by atoms with Crippen molar-refractivity contribution in [1.82, 2.24) is 19.9 Å². The third-order valence-electron chi connectivity index (χ3n) is 6.57. The fourth-order valence-electron chi connectivity index (χ4n) is 4.62. The number of imidazole rings is 1. The molecular weight excluding hydrogens is 407 g/mol. The lowest BCUT2D eigenvalue weighted by atomic mass is 10.0. The van der Waals surface area contributed by atoms with E-state index in [1.165, 1.54) is 12.1 Å². The summed E-state index contributed by atoms with van der Waals surface area (Å²) >= 11 is 0. The number of methoxy groups -OCH3 is 1.